The normalized spacial score (nSPS) is 17.0. The predicted molar refractivity (Wildman–Crippen MR) is 108 cm³/mol. The minimum absolute atomic E-state index is 0.140. The average Bonchev–Trinajstić information content (AvgIpc) is 2.68. The molecule has 5 nitrogen and oxygen atoms in total. The molecule has 0 amide bonds. The molecular weight excluding hydrogens is 326 g/mol. The molecule has 0 bridgehead atoms. The predicted octanol–water partition coefficient (Wildman–Crippen LogP) is 4.00. The molecule has 1 heterocycles. The molecule has 1 N–H and O–H groups in total. The first-order chi connectivity index (χ1) is 12.7. The van der Waals surface area contributed by atoms with Crippen LogP contribution in [0.2, 0.25) is 0 Å². The van der Waals surface area contributed by atoms with E-state index in [0.717, 1.165) is 31.4 Å². The number of carbonyl (C=O) groups is 1. The Labute approximate surface area is 157 Å². The molecule has 0 aromatic heterocycles. The van der Waals surface area contributed by atoms with E-state index in [1.54, 1.807) is 6.08 Å². The summed E-state index contributed by atoms with van der Waals surface area (Å²) < 4.78 is 5.68. The lowest BCUT2D eigenvalue weighted by Gasteiger charge is -2.28. The van der Waals surface area contributed by atoms with E-state index in [2.05, 4.69) is 34.3 Å². The summed E-state index contributed by atoms with van der Waals surface area (Å²) in [5.41, 5.74) is 2.18. The summed E-state index contributed by atoms with van der Waals surface area (Å²) in [5, 5.41) is 3.07. The minimum Gasteiger partial charge on any atom is -0.423 e. The van der Waals surface area contributed by atoms with Gasteiger partial charge in [-0.15, -0.1) is 0 Å². The molecule has 1 aromatic carbocycles. The van der Waals surface area contributed by atoms with Gasteiger partial charge in [0.1, 0.15) is 0 Å². The van der Waals surface area contributed by atoms with Crippen LogP contribution in [0.25, 0.3) is 6.08 Å². The summed E-state index contributed by atoms with van der Waals surface area (Å²) in [5.74, 6) is 0.249. The van der Waals surface area contributed by atoms with Crippen LogP contribution in [-0.2, 0) is 9.53 Å². The molecule has 0 aliphatic carbocycles. The number of ether oxygens (including phenoxy) is 1. The molecule has 142 valence electrons. The zero-order chi connectivity index (χ0) is 18.8. The molecule has 2 rings (SSSR count). The first kappa shape index (κ1) is 20.0. The van der Waals surface area contributed by atoms with Gasteiger partial charge in [0.2, 0.25) is 0 Å². The molecule has 1 atom stereocenters. The minimum atomic E-state index is 0.140. The number of carbonyl (C=O) groups excluding carboxylic acids is 1. The fraction of sp³-hybridized carbons (Fsp3) is 0.524. The van der Waals surface area contributed by atoms with Crippen LogP contribution in [0.1, 0.15) is 52.0 Å². The number of benzene rings is 1. The number of nitrogens with zero attached hydrogens (tertiary/aromatic N) is 2. The van der Waals surface area contributed by atoms with Crippen molar-refractivity contribution in [2.45, 2.75) is 52.5 Å². The lowest BCUT2D eigenvalue weighted by molar-refractivity contribution is -0.106. The van der Waals surface area contributed by atoms with Crippen LogP contribution in [0, 0.1) is 0 Å². The van der Waals surface area contributed by atoms with Gasteiger partial charge in [-0.2, -0.15) is 0 Å². The Balaban J connectivity index is 2.08. The van der Waals surface area contributed by atoms with E-state index in [0.29, 0.717) is 12.6 Å². The maximum atomic E-state index is 11.4. The third-order valence-electron chi connectivity index (χ3n) is 4.51. The molecular formula is C21H31N3O2. The Bertz CT molecular complexity index is 617. The van der Waals surface area contributed by atoms with Gasteiger partial charge in [-0.1, -0.05) is 19.1 Å². The largest absolute Gasteiger partial charge is 0.423 e. The van der Waals surface area contributed by atoms with Crippen LogP contribution in [0.4, 0.5) is 5.69 Å². The number of aldehydes is 1. The first-order valence-electron chi connectivity index (χ1n) is 9.67. The Morgan fingerprint density at radius 1 is 1.23 bits per heavy atom. The zero-order valence-electron chi connectivity index (χ0n) is 16.2. The number of aliphatic imine (C=N–C) groups is 1. The molecule has 0 radical (unpaired) electrons. The van der Waals surface area contributed by atoms with Crippen molar-refractivity contribution in [2.24, 2.45) is 4.99 Å². The summed E-state index contributed by atoms with van der Waals surface area (Å²) in [4.78, 5) is 18.3. The third kappa shape index (κ3) is 6.21. The van der Waals surface area contributed by atoms with Crippen molar-refractivity contribution in [2.75, 3.05) is 24.5 Å². The van der Waals surface area contributed by atoms with E-state index in [4.69, 9.17) is 4.74 Å². The molecule has 1 aliphatic rings. The highest BCUT2D eigenvalue weighted by molar-refractivity contribution is 5.85. The quantitative estimate of drug-likeness (QED) is 0.263. The van der Waals surface area contributed by atoms with E-state index >= 15 is 0 Å². The van der Waals surface area contributed by atoms with Gasteiger partial charge in [0.25, 0.3) is 6.02 Å². The molecule has 0 spiro atoms. The Morgan fingerprint density at radius 2 is 1.92 bits per heavy atom. The molecule has 1 saturated heterocycles. The summed E-state index contributed by atoms with van der Waals surface area (Å²) >= 11 is 0. The lowest BCUT2D eigenvalue weighted by atomic mass is 10.1. The van der Waals surface area contributed by atoms with Crippen LogP contribution in [0.15, 0.2) is 35.0 Å². The van der Waals surface area contributed by atoms with Crippen molar-refractivity contribution >= 4 is 24.1 Å². The van der Waals surface area contributed by atoms with Gasteiger partial charge >= 0.3 is 0 Å². The van der Waals surface area contributed by atoms with Crippen molar-refractivity contribution in [3.63, 3.8) is 0 Å². The van der Waals surface area contributed by atoms with E-state index in [1.165, 1.54) is 24.9 Å². The molecule has 1 fully saturated rings. The smallest absolute Gasteiger partial charge is 0.290 e. The van der Waals surface area contributed by atoms with Crippen molar-refractivity contribution in [1.82, 2.24) is 5.32 Å². The van der Waals surface area contributed by atoms with E-state index < -0.39 is 0 Å². The third-order valence-corrected chi connectivity index (χ3v) is 4.51. The van der Waals surface area contributed by atoms with Crippen molar-refractivity contribution < 1.29 is 9.53 Å². The van der Waals surface area contributed by atoms with Gasteiger partial charge in [0.05, 0.1) is 6.04 Å². The zero-order valence-corrected chi connectivity index (χ0v) is 16.2. The summed E-state index contributed by atoms with van der Waals surface area (Å²) in [7, 11) is 0. The maximum absolute atomic E-state index is 11.4. The summed E-state index contributed by atoms with van der Waals surface area (Å²) in [6, 6.07) is 8.80. The average molecular weight is 357 g/mol. The fourth-order valence-corrected chi connectivity index (χ4v) is 2.85. The number of anilines is 1. The maximum Gasteiger partial charge on any atom is 0.290 e. The molecule has 1 aliphatic heterocycles. The van der Waals surface area contributed by atoms with Crippen LogP contribution >= 0.6 is 0 Å². The number of rotatable bonds is 7. The molecule has 0 saturated carbocycles. The van der Waals surface area contributed by atoms with Crippen molar-refractivity contribution in [3.8, 4) is 0 Å². The lowest BCUT2D eigenvalue weighted by Crippen LogP contribution is -2.29. The van der Waals surface area contributed by atoms with Gasteiger partial charge in [0, 0.05) is 25.3 Å². The molecule has 5 heteroatoms. The van der Waals surface area contributed by atoms with Crippen LogP contribution in [0.3, 0.4) is 0 Å². The van der Waals surface area contributed by atoms with Gasteiger partial charge in [-0.3, -0.25) is 4.79 Å². The second-order valence-corrected chi connectivity index (χ2v) is 6.63. The van der Waals surface area contributed by atoms with E-state index in [-0.39, 0.29) is 11.8 Å². The van der Waals surface area contributed by atoms with Crippen LogP contribution in [-0.4, -0.2) is 38.0 Å². The van der Waals surface area contributed by atoms with Gasteiger partial charge in [-0.05, 0) is 63.3 Å². The van der Waals surface area contributed by atoms with Crippen LogP contribution < -0.4 is 10.2 Å². The topological polar surface area (TPSA) is 53.9 Å². The molecule has 1 unspecified atom stereocenters. The number of amidine groups is 1. The number of hydrogen-bond donors (Lipinski definition) is 1. The van der Waals surface area contributed by atoms with Gasteiger partial charge < -0.3 is 15.0 Å². The Kier molecular flexibility index (Phi) is 8.19. The van der Waals surface area contributed by atoms with E-state index in [9.17, 15) is 4.79 Å². The summed E-state index contributed by atoms with van der Waals surface area (Å²) in [6.07, 6.45) is 7.22. The van der Waals surface area contributed by atoms with Gasteiger partial charge in [-0.25, -0.2) is 4.99 Å². The first-order valence-corrected chi connectivity index (χ1v) is 9.67. The molecule has 1 aromatic rings. The van der Waals surface area contributed by atoms with Crippen LogP contribution in [0.5, 0.6) is 0 Å². The molecule has 26 heavy (non-hydrogen) atoms. The van der Waals surface area contributed by atoms with Crippen molar-refractivity contribution in [3.05, 3.63) is 35.6 Å². The highest BCUT2D eigenvalue weighted by atomic mass is 16.5. The Hall–Kier alpha value is -2.30. The van der Waals surface area contributed by atoms with Gasteiger partial charge in [0.15, 0.2) is 12.0 Å². The monoisotopic (exact) mass is 357 g/mol. The number of allylic oxidation sites excluding steroid dienone is 1. The number of piperidine rings is 1. The van der Waals surface area contributed by atoms with Crippen molar-refractivity contribution in [1.29, 1.82) is 0 Å². The standard InChI is InChI=1S/C21H31N3O2/c1-4-17(3)23-21(22-5-2)26-20(16-25)15-18-9-11-19(12-10-18)24-13-7-6-8-14-24/h9-12,15-17H,4-8,13-14H2,1-3H3,(H,22,23)/b20-15+. The Morgan fingerprint density at radius 3 is 2.50 bits per heavy atom. The second kappa shape index (κ2) is 10.6. The fourth-order valence-electron chi connectivity index (χ4n) is 2.85. The second-order valence-electron chi connectivity index (χ2n) is 6.63. The highest BCUT2D eigenvalue weighted by Gasteiger charge is 2.11. The highest BCUT2D eigenvalue weighted by Crippen LogP contribution is 2.21. The number of hydrogen-bond acceptors (Lipinski definition) is 4. The van der Waals surface area contributed by atoms with E-state index in [1.807, 2.05) is 26.0 Å². The summed E-state index contributed by atoms with van der Waals surface area (Å²) in [6.45, 7) is 8.99. The SMILES string of the molecule is CCN/C(=N\C(C)CC)O/C(C=O)=C/c1ccc(N2CCCCC2)cc1. The number of nitrogens with one attached hydrogen (secondary N) is 1.